The van der Waals surface area contributed by atoms with E-state index in [1.54, 1.807) is 80.6 Å². The Morgan fingerprint density at radius 3 is 1.27 bits per heavy atom. The molecule has 0 aliphatic carbocycles. The third-order valence-electron chi connectivity index (χ3n) is 21.3. The first-order valence-electron chi connectivity index (χ1n) is 35.1. The van der Waals surface area contributed by atoms with Gasteiger partial charge in [-0.1, -0.05) is 145 Å². The summed E-state index contributed by atoms with van der Waals surface area (Å²) in [5.41, 5.74) is 8.93. The van der Waals surface area contributed by atoms with Crippen LogP contribution in [-0.4, -0.2) is 20.1 Å². The normalized spacial score (nSPS) is 13.3. The Labute approximate surface area is 627 Å². The van der Waals surface area contributed by atoms with Crippen molar-refractivity contribution in [3.8, 4) is 46.0 Å². The quantitative estimate of drug-likeness (QED) is 0.0984. The lowest BCUT2D eigenvalue weighted by molar-refractivity contribution is 0.456. The fourth-order valence-electron chi connectivity index (χ4n) is 16.8. The minimum atomic E-state index is -0.875. The van der Waals surface area contributed by atoms with Gasteiger partial charge in [0.05, 0.1) is 17.1 Å². The first-order chi connectivity index (χ1) is 53.0. The highest BCUT2D eigenvalue weighted by molar-refractivity contribution is 8.00. The molecule has 16 aromatic rings. The summed E-state index contributed by atoms with van der Waals surface area (Å²) >= 11 is 4.89. The van der Waals surface area contributed by atoms with Crippen LogP contribution in [0, 0.1) is 34.9 Å². The van der Waals surface area contributed by atoms with E-state index in [0.29, 0.717) is 91.0 Å². The molecule has 0 bridgehead atoms. The SMILES string of the molecule is Fc1cccc(F)c1N(c1ccccc1)c1cc2c3c(c1)Sc1c(sc4ccccc14)B3c1cc3c(cc1O2)Oc1cc(N(c2ccccc2)c2ccccc2)cc2c1B3c1cc3c(cc1O2)N(c1c(F)cccc1F)c1cc(N(c2ccccc2)c2c(F)cccc2F)cc2c1B3c1sc3ccccc3c1O2. The molecule has 14 aromatic carbocycles. The third kappa shape index (κ3) is 9.42. The highest BCUT2D eigenvalue weighted by Crippen LogP contribution is 2.53. The Kier molecular flexibility index (Phi) is 14.0. The minimum Gasteiger partial charge on any atom is -0.458 e. The molecule has 8 nitrogen and oxygen atoms in total. The van der Waals surface area contributed by atoms with E-state index in [1.807, 2.05) is 170 Å². The summed E-state index contributed by atoms with van der Waals surface area (Å²) in [7, 11) is 0. The lowest BCUT2D eigenvalue weighted by atomic mass is 9.31. The summed E-state index contributed by atoms with van der Waals surface area (Å²) in [6.07, 6.45) is 0. The van der Waals surface area contributed by atoms with E-state index in [2.05, 4.69) is 29.2 Å². The van der Waals surface area contributed by atoms with E-state index in [4.69, 9.17) is 18.9 Å². The average molecular weight is 1470 g/mol. The molecule has 0 fully saturated rings. The Morgan fingerprint density at radius 2 is 0.713 bits per heavy atom. The summed E-state index contributed by atoms with van der Waals surface area (Å²) in [4.78, 5) is 8.67. The Bertz CT molecular complexity index is 6440. The van der Waals surface area contributed by atoms with Gasteiger partial charge in [0.1, 0.15) is 98.0 Å². The number of thiophene rings is 2. The fourth-order valence-corrected chi connectivity index (χ4v) is 20.9. The van der Waals surface area contributed by atoms with Gasteiger partial charge in [-0.05, 0) is 153 Å². The van der Waals surface area contributed by atoms with Crippen LogP contribution >= 0.6 is 34.4 Å². The Morgan fingerprint density at radius 1 is 0.296 bits per heavy atom. The predicted octanol–water partition coefficient (Wildman–Crippen LogP) is 19.6. The van der Waals surface area contributed by atoms with Gasteiger partial charge in [0.2, 0.25) is 0 Å². The predicted molar refractivity (Wildman–Crippen MR) is 426 cm³/mol. The van der Waals surface area contributed by atoms with E-state index in [0.717, 1.165) is 78.2 Å². The van der Waals surface area contributed by atoms with Crippen molar-refractivity contribution in [3.05, 3.63) is 320 Å². The smallest absolute Gasteiger partial charge is 0.268 e. The van der Waals surface area contributed by atoms with E-state index in [1.165, 1.54) is 59.5 Å². The van der Waals surface area contributed by atoms with Gasteiger partial charge in [-0.25, -0.2) is 26.3 Å². The number of hydrogen-bond acceptors (Lipinski definition) is 11. The number of ether oxygens (including phenoxy) is 4. The molecule has 0 spiro atoms. The highest BCUT2D eigenvalue weighted by atomic mass is 32.2. The zero-order valence-electron chi connectivity index (χ0n) is 56.3. The molecule has 0 unspecified atom stereocenters. The number of nitrogens with zero attached hydrogens (tertiary/aromatic N) is 4. The van der Waals surface area contributed by atoms with Crippen LogP contribution in [0.25, 0.3) is 20.2 Å². The van der Waals surface area contributed by atoms with Crippen molar-refractivity contribution >= 4 is 191 Å². The molecule has 0 N–H and O–H groups in total. The van der Waals surface area contributed by atoms with Crippen molar-refractivity contribution in [1.82, 2.24) is 0 Å². The number of halogens is 6. The van der Waals surface area contributed by atoms with Crippen molar-refractivity contribution < 1.29 is 45.3 Å². The molecular weight excluding hydrogens is 1420 g/mol. The van der Waals surface area contributed by atoms with Crippen LogP contribution in [-0.2, 0) is 0 Å². The van der Waals surface area contributed by atoms with E-state index >= 15 is 26.3 Å². The number of benzene rings is 14. The molecule has 0 amide bonds. The molecule has 0 saturated carbocycles. The van der Waals surface area contributed by atoms with Crippen molar-refractivity contribution in [2.75, 3.05) is 19.6 Å². The van der Waals surface area contributed by atoms with Crippen LogP contribution in [0.4, 0.5) is 94.6 Å². The third-order valence-corrected chi connectivity index (χ3v) is 25.0. The van der Waals surface area contributed by atoms with E-state index < -0.39 is 60.7 Å². The summed E-state index contributed by atoms with van der Waals surface area (Å²) in [5.74, 6) is -1.21. The molecule has 8 heterocycles. The molecule has 108 heavy (non-hydrogen) atoms. The Hall–Kier alpha value is -12.5. The number of para-hydroxylation sites is 7. The second-order valence-electron chi connectivity index (χ2n) is 27.3. The molecule has 6 aliphatic rings. The maximum atomic E-state index is 17.6. The van der Waals surface area contributed by atoms with Crippen LogP contribution in [0.1, 0.15) is 0 Å². The lowest BCUT2D eigenvalue weighted by Crippen LogP contribution is -2.63. The second-order valence-corrected chi connectivity index (χ2v) is 30.5. The molecule has 0 atom stereocenters. The zero-order chi connectivity index (χ0) is 71.9. The number of rotatable bonds is 10. The largest absolute Gasteiger partial charge is 0.458 e. The first kappa shape index (κ1) is 62.9. The highest BCUT2D eigenvalue weighted by Gasteiger charge is 2.51. The summed E-state index contributed by atoms with van der Waals surface area (Å²) in [5, 5.41) is 1.90. The minimum absolute atomic E-state index is 0.237. The van der Waals surface area contributed by atoms with Gasteiger partial charge in [-0.2, -0.15) is 0 Å². The average Bonchev–Trinajstić information content (AvgIpc) is 1.54. The molecule has 0 radical (unpaired) electrons. The van der Waals surface area contributed by atoms with Crippen LogP contribution in [0.2, 0.25) is 0 Å². The van der Waals surface area contributed by atoms with Crippen LogP contribution in [0.3, 0.4) is 0 Å². The topological polar surface area (TPSA) is 49.9 Å². The number of fused-ring (bicyclic) bond motifs is 16. The molecule has 0 saturated heterocycles. The van der Waals surface area contributed by atoms with Gasteiger partial charge in [-0.3, -0.25) is 0 Å². The maximum absolute atomic E-state index is 17.6. The van der Waals surface area contributed by atoms with Crippen LogP contribution in [0.5, 0.6) is 46.0 Å². The van der Waals surface area contributed by atoms with Crippen molar-refractivity contribution in [2.45, 2.75) is 9.79 Å². The summed E-state index contributed by atoms with van der Waals surface area (Å²) in [6, 6.07) is 85.3. The lowest BCUT2D eigenvalue weighted by Gasteiger charge is -2.42. The van der Waals surface area contributed by atoms with Gasteiger partial charge in [0, 0.05) is 111 Å². The summed E-state index contributed by atoms with van der Waals surface area (Å²) < 4.78 is 135. The Balaban J connectivity index is 0.803. The molecule has 20 heteroatoms. The van der Waals surface area contributed by atoms with Gasteiger partial charge < -0.3 is 38.5 Å². The molecule has 2 aromatic heterocycles. The fraction of sp³-hybridized carbons (Fsp3) is 0. The monoisotopic (exact) mass is 1470 g/mol. The standard InChI is InChI=1S/C88H47B3F6N4O4S3/c92-61-30-17-31-62(93)82(61)99(50-24-9-3-10-25-50)52-38-68-79-72(39-52)105-85-55-28-13-15-36-76(55)107-87(85)90(79)57-44-58-69(46-67(57)101(68)84-65(96)34-19-35-66(84)97)102-73-40-53(98(48-20-5-1-6-21-48)49-22-7-2-8-23-49)41-74-80(73)89(58)59-45-60-71(47-70(59)103-74)104-75-42-54(100(51-26-11-4-12-27-51)83-63(94)32-18-33-64(83)95)43-78-81(75)91(60)88-86(106-78)56-29-14-16-37-77(56)108-88/h1-47H. The van der Waals surface area contributed by atoms with Crippen molar-refractivity contribution in [1.29, 1.82) is 0 Å². The van der Waals surface area contributed by atoms with Gasteiger partial charge in [-0.15, -0.1) is 22.7 Å². The van der Waals surface area contributed by atoms with E-state index in [9.17, 15) is 0 Å². The van der Waals surface area contributed by atoms with Gasteiger partial charge in [0.25, 0.3) is 20.1 Å². The second kappa shape index (κ2) is 24.0. The molecule has 22 rings (SSSR count). The molecule has 6 aliphatic heterocycles. The summed E-state index contributed by atoms with van der Waals surface area (Å²) in [6.45, 7) is -1.77. The number of hydrogen-bond donors (Lipinski definition) is 0. The number of anilines is 12. The van der Waals surface area contributed by atoms with Gasteiger partial charge in [0.15, 0.2) is 0 Å². The zero-order valence-corrected chi connectivity index (χ0v) is 58.7. The van der Waals surface area contributed by atoms with E-state index in [-0.39, 0.29) is 17.1 Å². The van der Waals surface area contributed by atoms with Crippen LogP contribution in [0.15, 0.2) is 295 Å². The maximum Gasteiger partial charge on any atom is 0.268 e. The molecular formula is C88H47B3F6N4O4S3. The first-order valence-corrected chi connectivity index (χ1v) is 37.5. The van der Waals surface area contributed by atoms with Crippen molar-refractivity contribution in [2.24, 2.45) is 0 Å². The molecule has 512 valence electrons. The van der Waals surface area contributed by atoms with Crippen molar-refractivity contribution in [3.63, 3.8) is 0 Å². The van der Waals surface area contributed by atoms with Gasteiger partial charge >= 0.3 is 0 Å². The van der Waals surface area contributed by atoms with Crippen LogP contribution < -0.4 is 86.3 Å².